The van der Waals surface area contributed by atoms with Crippen molar-refractivity contribution in [2.75, 3.05) is 6.61 Å². The second kappa shape index (κ2) is 5.09. The average molecular weight is 266 g/mol. The number of hydrogen-bond donors (Lipinski definition) is 3. The van der Waals surface area contributed by atoms with Gasteiger partial charge < -0.3 is 9.72 Å². The fraction of sp³-hybridized carbons (Fsp3) is 0.455. The van der Waals surface area contributed by atoms with Gasteiger partial charge >= 0.3 is 11.7 Å². The molecule has 2 aromatic rings. The third-order valence-electron chi connectivity index (χ3n) is 2.72. The molecule has 0 aliphatic heterocycles. The third kappa shape index (κ3) is 2.42. The van der Waals surface area contributed by atoms with Crippen molar-refractivity contribution in [2.45, 2.75) is 26.2 Å². The van der Waals surface area contributed by atoms with E-state index in [4.69, 9.17) is 4.74 Å². The molecule has 8 heteroatoms. The average Bonchev–Trinajstić information content (AvgIpc) is 2.74. The zero-order chi connectivity index (χ0) is 14.0. The molecule has 102 valence electrons. The molecule has 0 bridgehead atoms. The van der Waals surface area contributed by atoms with E-state index in [9.17, 15) is 14.4 Å². The number of nitrogens with one attached hydrogen (secondary N) is 3. The number of nitrogens with zero attached hydrogens (tertiary/aromatic N) is 1. The maximum Gasteiger partial charge on any atom is 0.327 e. The number of H-pyrrole nitrogens is 3. The molecular weight excluding hydrogens is 252 g/mol. The molecule has 2 rings (SSSR count). The fourth-order valence-corrected chi connectivity index (χ4v) is 1.83. The molecule has 1 unspecified atom stereocenters. The Kier molecular flexibility index (Phi) is 3.50. The molecule has 3 N–H and O–H groups in total. The van der Waals surface area contributed by atoms with Crippen molar-refractivity contribution < 1.29 is 9.53 Å². The summed E-state index contributed by atoms with van der Waals surface area (Å²) < 4.78 is 4.94. The van der Waals surface area contributed by atoms with Crippen LogP contribution in [0.5, 0.6) is 0 Å². The first-order valence-electron chi connectivity index (χ1n) is 5.95. The highest BCUT2D eigenvalue weighted by Crippen LogP contribution is 2.19. The van der Waals surface area contributed by atoms with E-state index in [1.54, 1.807) is 6.92 Å². The Morgan fingerprint density at radius 1 is 1.26 bits per heavy atom. The largest absolute Gasteiger partial charge is 0.465 e. The number of hydrogen-bond acceptors (Lipinski definition) is 5. The lowest BCUT2D eigenvalue weighted by atomic mass is 10.1. The number of aromatic nitrogens is 4. The van der Waals surface area contributed by atoms with Crippen molar-refractivity contribution in [1.29, 1.82) is 0 Å². The number of ether oxygens (including phenoxy) is 1. The quantitative estimate of drug-likeness (QED) is 0.672. The highest BCUT2D eigenvalue weighted by Gasteiger charge is 2.24. The smallest absolute Gasteiger partial charge is 0.327 e. The highest BCUT2D eigenvalue weighted by atomic mass is 16.5. The van der Waals surface area contributed by atoms with Gasteiger partial charge in [0.25, 0.3) is 5.56 Å². The molecule has 0 aliphatic rings. The van der Waals surface area contributed by atoms with E-state index >= 15 is 0 Å². The van der Waals surface area contributed by atoms with Crippen LogP contribution in [-0.4, -0.2) is 32.5 Å². The van der Waals surface area contributed by atoms with Crippen LogP contribution in [0.15, 0.2) is 9.59 Å². The summed E-state index contributed by atoms with van der Waals surface area (Å²) in [6, 6.07) is 0. The number of fused-ring (bicyclic) bond motifs is 1. The van der Waals surface area contributed by atoms with Gasteiger partial charge in [0.1, 0.15) is 17.3 Å². The molecule has 0 saturated heterocycles. The number of carbonyl (C=O) groups is 1. The van der Waals surface area contributed by atoms with Gasteiger partial charge in [-0.05, 0) is 13.3 Å². The minimum absolute atomic E-state index is 0.131. The van der Waals surface area contributed by atoms with Crippen LogP contribution in [0.4, 0.5) is 0 Å². The summed E-state index contributed by atoms with van der Waals surface area (Å²) in [5.41, 5.74) is -0.945. The maximum atomic E-state index is 11.8. The van der Waals surface area contributed by atoms with Crippen LogP contribution in [0.1, 0.15) is 32.0 Å². The van der Waals surface area contributed by atoms with Gasteiger partial charge in [-0.2, -0.15) is 0 Å². The van der Waals surface area contributed by atoms with Crippen molar-refractivity contribution >= 4 is 17.1 Å². The summed E-state index contributed by atoms with van der Waals surface area (Å²) in [6.07, 6.45) is 0.473. The van der Waals surface area contributed by atoms with Gasteiger partial charge in [-0.3, -0.25) is 19.6 Å². The molecule has 0 amide bonds. The summed E-state index contributed by atoms with van der Waals surface area (Å²) in [5, 5.41) is 0. The van der Waals surface area contributed by atoms with E-state index in [2.05, 4.69) is 19.9 Å². The van der Waals surface area contributed by atoms with Crippen molar-refractivity contribution in [3.8, 4) is 0 Å². The van der Waals surface area contributed by atoms with E-state index in [0.717, 1.165) is 0 Å². The normalized spacial score (nSPS) is 12.5. The predicted octanol–water partition coefficient (Wildman–Crippen LogP) is -0.00380. The minimum Gasteiger partial charge on any atom is -0.465 e. The molecule has 8 nitrogen and oxygen atoms in total. The standard InChI is InChI=1S/C11H14N4O4/c1-3-5(10(17)19-4-2)7-12-6-8(13-7)14-11(18)15-9(6)16/h5H,3-4H2,1-2H3,(H3,12,13,14,15,16,18). The second-order valence-corrected chi connectivity index (χ2v) is 3.97. The van der Waals surface area contributed by atoms with Gasteiger partial charge in [-0.1, -0.05) is 6.92 Å². The van der Waals surface area contributed by atoms with Gasteiger partial charge in [-0.25, -0.2) is 9.78 Å². The number of rotatable bonds is 4. The Morgan fingerprint density at radius 3 is 2.63 bits per heavy atom. The van der Waals surface area contributed by atoms with Crippen LogP contribution < -0.4 is 11.2 Å². The predicted molar refractivity (Wildman–Crippen MR) is 67.0 cm³/mol. The lowest BCUT2D eigenvalue weighted by Gasteiger charge is -2.10. The Labute approximate surface area is 107 Å². The summed E-state index contributed by atoms with van der Waals surface area (Å²) in [5.74, 6) is -0.693. The van der Waals surface area contributed by atoms with Crippen molar-refractivity contribution in [3.05, 3.63) is 26.7 Å². The Balaban J connectivity index is 2.50. The molecule has 0 aromatic carbocycles. The van der Waals surface area contributed by atoms with E-state index < -0.39 is 23.1 Å². The lowest BCUT2D eigenvalue weighted by molar-refractivity contribution is -0.145. The van der Waals surface area contributed by atoms with Crippen LogP contribution in [0.3, 0.4) is 0 Å². The first-order chi connectivity index (χ1) is 9.06. The molecule has 0 saturated carbocycles. The third-order valence-corrected chi connectivity index (χ3v) is 2.72. The molecule has 19 heavy (non-hydrogen) atoms. The van der Waals surface area contributed by atoms with Crippen LogP contribution >= 0.6 is 0 Å². The zero-order valence-electron chi connectivity index (χ0n) is 10.6. The van der Waals surface area contributed by atoms with Gasteiger partial charge in [0.15, 0.2) is 5.65 Å². The Hall–Kier alpha value is -2.38. The van der Waals surface area contributed by atoms with Gasteiger partial charge in [0.05, 0.1) is 6.61 Å². The minimum atomic E-state index is -0.639. The van der Waals surface area contributed by atoms with E-state index in [-0.39, 0.29) is 17.8 Å². The molecule has 2 aromatic heterocycles. The van der Waals surface area contributed by atoms with Gasteiger partial charge in [0.2, 0.25) is 0 Å². The van der Waals surface area contributed by atoms with Crippen LogP contribution in [0.2, 0.25) is 0 Å². The molecule has 1 atom stereocenters. The zero-order valence-corrected chi connectivity index (χ0v) is 10.6. The molecule has 2 heterocycles. The van der Waals surface area contributed by atoms with Crippen molar-refractivity contribution in [1.82, 2.24) is 19.9 Å². The Morgan fingerprint density at radius 2 is 2.00 bits per heavy atom. The van der Waals surface area contributed by atoms with Gasteiger partial charge in [-0.15, -0.1) is 0 Å². The summed E-state index contributed by atoms with van der Waals surface area (Å²) in [7, 11) is 0. The van der Waals surface area contributed by atoms with Crippen LogP contribution in [-0.2, 0) is 9.53 Å². The van der Waals surface area contributed by atoms with Crippen LogP contribution in [0.25, 0.3) is 11.2 Å². The Bertz CT molecular complexity index is 711. The monoisotopic (exact) mass is 266 g/mol. The summed E-state index contributed by atoms with van der Waals surface area (Å²) >= 11 is 0. The number of carbonyl (C=O) groups excluding carboxylic acids is 1. The maximum absolute atomic E-state index is 11.8. The molecule has 0 radical (unpaired) electrons. The van der Waals surface area contributed by atoms with E-state index in [1.807, 2.05) is 6.92 Å². The van der Waals surface area contributed by atoms with Gasteiger partial charge in [0, 0.05) is 0 Å². The van der Waals surface area contributed by atoms with E-state index in [0.29, 0.717) is 12.2 Å². The fourth-order valence-electron chi connectivity index (χ4n) is 1.83. The second-order valence-electron chi connectivity index (χ2n) is 3.97. The summed E-state index contributed by atoms with van der Waals surface area (Å²) in [6.45, 7) is 3.79. The van der Waals surface area contributed by atoms with Crippen molar-refractivity contribution in [2.24, 2.45) is 0 Å². The first-order valence-corrected chi connectivity index (χ1v) is 5.95. The van der Waals surface area contributed by atoms with Crippen LogP contribution in [0, 0.1) is 0 Å². The number of aromatic amines is 3. The van der Waals surface area contributed by atoms with Crippen molar-refractivity contribution in [3.63, 3.8) is 0 Å². The summed E-state index contributed by atoms with van der Waals surface area (Å²) in [4.78, 5) is 45.8. The molecule has 0 fully saturated rings. The lowest BCUT2D eigenvalue weighted by Crippen LogP contribution is -2.21. The topological polar surface area (TPSA) is 121 Å². The van der Waals surface area contributed by atoms with E-state index in [1.165, 1.54) is 0 Å². The molecular formula is C11H14N4O4. The number of imidazole rings is 1. The SMILES string of the molecule is CCOC(=O)C(CC)c1nc2[nH]c(=O)[nH]c(=O)c2[nH]1. The first kappa shape index (κ1) is 13.1. The molecule has 0 aliphatic carbocycles. The molecule has 0 spiro atoms. The highest BCUT2D eigenvalue weighted by molar-refractivity contribution is 5.79. The number of esters is 1.